The van der Waals surface area contributed by atoms with Crippen LogP contribution in [0.1, 0.15) is 27.4 Å². The van der Waals surface area contributed by atoms with Crippen molar-refractivity contribution in [2.45, 2.75) is 20.4 Å². The first-order chi connectivity index (χ1) is 13.1. The fourth-order valence-electron chi connectivity index (χ4n) is 2.89. The lowest BCUT2D eigenvalue weighted by Gasteiger charge is -2.11. The molecule has 0 spiro atoms. The number of furan rings is 1. The number of nitrogens with zero attached hydrogens (tertiary/aromatic N) is 2. The summed E-state index contributed by atoms with van der Waals surface area (Å²) in [5, 5.41) is 9.65. The molecular formula is C21H19N3O2S. The van der Waals surface area contributed by atoms with Crippen molar-refractivity contribution >= 4 is 17.2 Å². The topological polar surface area (TPSA) is 60.1 Å². The summed E-state index contributed by atoms with van der Waals surface area (Å²) in [5.41, 5.74) is 4.36. The molecule has 0 aliphatic rings. The quantitative estimate of drug-likeness (QED) is 0.546. The number of aromatic nitrogens is 2. The number of carbonyl (C=O) groups excluding carboxylic acids is 1. The van der Waals surface area contributed by atoms with E-state index < -0.39 is 0 Å². The van der Waals surface area contributed by atoms with Crippen LogP contribution in [0.2, 0.25) is 0 Å². The minimum Gasteiger partial charge on any atom is -0.467 e. The Morgan fingerprint density at radius 1 is 1.19 bits per heavy atom. The van der Waals surface area contributed by atoms with E-state index in [1.54, 1.807) is 28.3 Å². The van der Waals surface area contributed by atoms with E-state index in [0.717, 1.165) is 27.4 Å². The summed E-state index contributed by atoms with van der Waals surface area (Å²) in [4.78, 5) is 13.9. The molecule has 0 radical (unpaired) electrons. The number of hydrogen-bond donors (Lipinski definition) is 1. The zero-order valence-corrected chi connectivity index (χ0v) is 15.9. The largest absolute Gasteiger partial charge is 0.467 e. The maximum Gasteiger partial charge on any atom is 0.270 e. The molecular weight excluding hydrogens is 358 g/mol. The van der Waals surface area contributed by atoms with Crippen molar-refractivity contribution in [2.75, 3.05) is 0 Å². The Labute approximate surface area is 161 Å². The molecule has 0 aliphatic carbocycles. The van der Waals surface area contributed by atoms with Crippen LogP contribution in [0.15, 0.2) is 64.6 Å². The van der Waals surface area contributed by atoms with Gasteiger partial charge in [-0.05, 0) is 60.7 Å². The molecule has 0 unspecified atom stereocenters. The molecule has 1 amide bonds. The van der Waals surface area contributed by atoms with E-state index in [2.05, 4.69) is 11.4 Å². The molecule has 1 N–H and O–H groups in total. The van der Waals surface area contributed by atoms with Crippen molar-refractivity contribution in [1.82, 2.24) is 15.1 Å². The van der Waals surface area contributed by atoms with Crippen LogP contribution in [0.4, 0.5) is 0 Å². The summed E-state index contributed by atoms with van der Waals surface area (Å²) in [7, 11) is 0. The predicted octanol–water partition coefficient (Wildman–Crippen LogP) is 4.74. The van der Waals surface area contributed by atoms with Gasteiger partial charge >= 0.3 is 0 Å². The molecule has 0 saturated carbocycles. The second-order valence-corrected chi connectivity index (χ2v) is 7.30. The molecule has 0 saturated heterocycles. The minimum atomic E-state index is -0.192. The maximum atomic E-state index is 12.9. The van der Waals surface area contributed by atoms with Crippen molar-refractivity contribution in [3.05, 3.63) is 82.8 Å². The molecule has 5 nitrogen and oxygen atoms in total. The third-order valence-corrected chi connectivity index (χ3v) is 5.20. The fraction of sp³-hybridized carbons (Fsp3) is 0.143. The average Bonchev–Trinajstić information content (AvgIpc) is 3.41. The summed E-state index contributed by atoms with van der Waals surface area (Å²) in [6, 6.07) is 15.6. The van der Waals surface area contributed by atoms with E-state index in [4.69, 9.17) is 9.52 Å². The van der Waals surface area contributed by atoms with Crippen LogP contribution in [-0.4, -0.2) is 15.7 Å². The first-order valence-electron chi connectivity index (χ1n) is 8.64. The van der Waals surface area contributed by atoms with E-state index in [9.17, 15) is 4.79 Å². The number of rotatable bonds is 5. The highest BCUT2D eigenvalue weighted by molar-refractivity contribution is 7.13. The van der Waals surface area contributed by atoms with E-state index >= 15 is 0 Å². The van der Waals surface area contributed by atoms with Crippen molar-refractivity contribution in [3.8, 4) is 16.3 Å². The van der Waals surface area contributed by atoms with Gasteiger partial charge in [0, 0.05) is 0 Å². The van der Waals surface area contributed by atoms with Gasteiger partial charge in [-0.25, -0.2) is 4.68 Å². The first-order valence-corrected chi connectivity index (χ1v) is 9.52. The lowest BCUT2D eigenvalue weighted by atomic mass is 10.1. The second-order valence-electron chi connectivity index (χ2n) is 6.36. The molecule has 136 valence electrons. The van der Waals surface area contributed by atoms with Crippen LogP contribution in [0, 0.1) is 13.8 Å². The number of hydrogen-bond acceptors (Lipinski definition) is 4. The molecule has 0 fully saturated rings. The van der Waals surface area contributed by atoms with Crippen molar-refractivity contribution in [2.24, 2.45) is 0 Å². The van der Waals surface area contributed by atoms with Crippen LogP contribution in [0.3, 0.4) is 0 Å². The van der Waals surface area contributed by atoms with Gasteiger partial charge in [0.05, 0.1) is 23.4 Å². The van der Waals surface area contributed by atoms with E-state index in [0.29, 0.717) is 18.0 Å². The Balaban J connectivity index is 1.74. The average molecular weight is 377 g/mol. The summed E-state index contributed by atoms with van der Waals surface area (Å²) >= 11 is 1.60. The summed E-state index contributed by atoms with van der Waals surface area (Å²) in [6.07, 6.45) is 1.59. The second kappa shape index (κ2) is 7.25. The van der Waals surface area contributed by atoms with Gasteiger partial charge in [-0.1, -0.05) is 18.2 Å². The lowest BCUT2D eigenvalue weighted by molar-refractivity contribution is 0.0940. The summed E-state index contributed by atoms with van der Waals surface area (Å²) in [6.45, 7) is 4.38. The third-order valence-electron chi connectivity index (χ3n) is 4.31. The van der Waals surface area contributed by atoms with Crippen LogP contribution >= 0.6 is 11.3 Å². The van der Waals surface area contributed by atoms with E-state index in [-0.39, 0.29) is 5.91 Å². The number of amides is 1. The highest BCUT2D eigenvalue weighted by Gasteiger charge is 2.19. The van der Waals surface area contributed by atoms with E-state index in [1.807, 2.05) is 55.6 Å². The number of aryl methyl sites for hydroxylation is 2. The number of nitrogens with one attached hydrogen (secondary N) is 1. The van der Waals surface area contributed by atoms with Crippen LogP contribution < -0.4 is 5.32 Å². The minimum absolute atomic E-state index is 0.192. The third kappa shape index (κ3) is 3.57. The number of benzene rings is 1. The fourth-order valence-corrected chi connectivity index (χ4v) is 3.57. The number of thiophene rings is 1. The zero-order valence-electron chi connectivity index (χ0n) is 15.1. The summed E-state index contributed by atoms with van der Waals surface area (Å²) in [5.74, 6) is 0.516. The van der Waals surface area contributed by atoms with Crippen LogP contribution in [-0.2, 0) is 6.54 Å². The van der Waals surface area contributed by atoms with Gasteiger partial charge in [0.1, 0.15) is 17.1 Å². The molecule has 27 heavy (non-hydrogen) atoms. The normalized spacial score (nSPS) is 10.9. The molecule has 0 aliphatic heterocycles. The highest BCUT2D eigenvalue weighted by Crippen LogP contribution is 2.27. The molecule has 4 rings (SSSR count). The molecule has 4 aromatic rings. The predicted molar refractivity (Wildman–Crippen MR) is 106 cm³/mol. The molecule has 3 aromatic heterocycles. The molecule has 6 heteroatoms. The summed E-state index contributed by atoms with van der Waals surface area (Å²) < 4.78 is 7.03. The maximum absolute atomic E-state index is 12.9. The molecule has 1 aromatic carbocycles. The van der Waals surface area contributed by atoms with Gasteiger partial charge in [0.2, 0.25) is 0 Å². The highest BCUT2D eigenvalue weighted by atomic mass is 32.1. The van der Waals surface area contributed by atoms with Crippen molar-refractivity contribution < 1.29 is 9.21 Å². The monoisotopic (exact) mass is 377 g/mol. The van der Waals surface area contributed by atoms with Gasteiger partial charge in [-0.15, -0.1) is 11.3 Å². The Bertz CT molecular complexity index is 1060. The van der Waals surface area contributed by atoms with Crippen LogP contribution in [0.5, 0.6) is 0 Å². The van der Waals surface area contributed by atoms with Gasteiger partial charge in [-0.3, -0.25) is 4.79 Å². The lowest BCUT2D eigenvalue weighted by Crippen LogP contribution is -2.25. The van der Waals surface area contributed by atoms with Crippen LogP contribution in [0.25, 0.3) is 16.3 Å². The standard InChI is InChI=1S/C21H19N3O2S/c1-14-7-8-15(2)18(11-14)24-19(12-17(23-24)20-6-4-10-27-20)21(25)22-13-16-5-3-9-26-16/h3-12H,13H2,1-2H3,(H,22,25). The van der Waals surface area contributed by atoms with E-state index in [1.165, 1.54) is 0 Å². The zero-order chi connectivity index (χ0) is 18.8. The van der Waals surface area contributed by atoms with Gasteiger partial charge < -0.3 is 9.73 Å². The molecule has 3 heterocycles. The number of carbonyl (C=O) groups is 1. The first kappa shape index (κ1) is 17.3. The smallest absolute Gasteiger partial charge is 0.270 e. The SMILES string of the molecule is Cc1ccc(C)c(-n2nc(-c3cccs3)cc2C(=O)NCc2ccco2)c1. The molecule has 0 atom stereocenters. The van der Waals surface area contributed by atoms with Gasteiger partial charge in [-0.2, -0.15) is 5.10 Å². The van der Waals surface area contributed by atoms with Gasteiger partial charge in [0.15, 0.2) is 0 Å². The molecule has 0 bridgehead atoms. The van der Waals surface area contributed by atoms with Crippen molar-refractivity contribution in [1.29, 1.82) is 0 Å². The Morgan fingerprint density at radius 2 is 2.07 bits per heavy atom. The van der Waals surface area contributed by atoms with Gasteiger partial charge in [0.25, 0.3) is 5.91 Å². The Hall–Kier alpha value is -3.12. The Morgan fingerprint density at radius 3 is 2.81 bits per heavy atom. The van der Waals surface area contributed by atoms with Crippen molar-refractivity contribution in [3.63, 3.8) is 0 Å². The Kier molecular flexibility index (Phi) is 4.64.